The van der Waals surface area contributed by atoms with Gasteiger partial charge in [0.1, 0.15) is 5.84 Å². The van der Waals surface area contributed by atoms with Gasteiger partial charge in [-0.25, -0.2) is 0 Å². The lowest BCUT2D eigenvalue weighted by molar-refractivity contribution is -0.111. The Kier molecular flexibility index (Phi) is 5.57. The van der Waals surface area contributed by atoms with Crippen molar-refractivity contribution in [3.63, 3.8) is 0 Å². The van der Waals surface area contributed by atoms with Gasteiger partial charge in [-0.15, -0.1) is 0 Å². The van der Waals surface area contributed by atoms with Gasteiger partial charge in [0.25, 0.3) is 0 Å². The third kappa shape index (κ3) is 3.80. The van der Waals surface area contributed by atoms with E-state index in [4.69, 9.17) is 15.7 Å². The number of ether oxygens (including phenoxy) is 1. The van der Waals surface area contributed by atoms with Gasteiger partial charge in [-0.05, 0) is 51.2 Å². The predicted molar refractivity (Wildman–Crippen MR) is 83.5 cm³/mol. The smallest absolute Gasteiger partial charge is 0.140 e. The van der Waals surface area contributed by atoms with E-state index in [0.717, 1.165) is 19.4 Å². The third-order valence-corrected chi connectivity index (χ3v) is 5.76. The van der Waals surface area contributed by atoms with E-state index in [1.54, 1.807) is 0 Å². The summed E-state index contributed by atoms with van der Waals surface area (Å²) in [6.07, 6.45) is 5.15. The molecule has 1 spiro atoms. The van der Waals surface area contributed by atoms with Crippen LogP contribution in [0.2, 0.25) is 0 Å². The number of rotatable bonds is 4. The zero-order chi connectivity index (χ0) is 14.6. The van der Waals surface area contributed by atoms with Crippen LogP contribution in [0.3, 0.4) is 0 Å². The minimum Gasteiger partial charge on any atom is -0.409 e. The second kappa shape index (κ2) is 7.00. The summed E-state index contributed by atoms with van der Waals surface area (Å²) in [5.74, 6) is 2.74. The highest BCUT2D eigenvalue weighted by Crippen LogP contribution is 2.39. The number of nitrogens with two attached hydrogens (primary N) is 1. The molecule has 0 saturated carbocycles. The SMILES string of the molecule is CC(CC(N)=NO)N(C)C1CCOC2(CCSCC2)C1. The summed E-state index contributed by atoms with van der Waals surface area (Å²) < 4.78 is 6.14. The minimum atomic E-state index is 0.110. The van der Waals surface area contributed by atoms with Crippen LogP contribution >= 0.6 is 11.8 Å². The van der Waals surface area contributed by atoms with Crippen molar-refractivity contribution in [2.75, 3.05) is 25.2 Å². The van der Waals surface area contributed by atoms with Crippen molar-refractivity contribution < 1.29 is 9.94 Å². The first-order chi connectivity index (χ1) is 9.56. The maximum atomic E-state index is 8.70. The van der Waals surface area contributed by atoms with Crippen LogP contribution in [0.15, 0.2) is 5.16 Å². The van der Waals surface area contributed by atoms with E-state index in [2.05, 4.69) is 24.0 Å². The summed E-state index contributed by atoms with van der Waals surface area (Å²) in [7, 11) is 2.15. The fourth-order valence-corrected chi connectivity index (χ4v) is 4.53. The molecule has 2 heterocycles. The zero-order valence-electron chi connectivity index (χ0n) is 12.5. The summed E-state index contributed by atoms with van der Waals surface area (Å²) in [5.41, 5.74) is 5.73. The quantitative estimate of drug-likeness (QED) is 0.359. The molecule has 20 heavy (non-hydrogen) atoms. The van der Waals surface area contributed by atoms with Crippen molar-refractivity contribution in [3.8, 4) is 0 Å². The Morgan fingerprint density at radius 1 is 1.55 bits per heavy atom. The first-order valence-corrected chi connectivity index (χ1v) is 8.62. The average Bonchev–Trinajstić information content (AvgIpc) is 2.47. The van der Waals surface area contributed by atoms with E-state index < -0.39 is 0 Å². The van der Waals surface area contributed by atoms with Gasteiger partial charge in [0.15, 0.2) is 0 Å². The van der Waals surface area contributed by atoms with Gasteiger partial charge in [-0.1, -0.05) is 5.16 Å². The Morgan fingerprint density at radius 3 is 2.90 bits per heavy atom. The molecule has 2 aliphatic rings. The molecule has 3 N–H and O–H groups in total. The maximum absolute atomic E-state index is 8.70. The first-order valence-electron chi connectivity index (χ1n) is 7.46. The molecular formula is C14H27N3O2S. The largest absolute Gasteiger partial charge is 0.409 e. The average molecular weight is 301 g/mol. The van der Waals surface area contributed by atoms with Crippen molar-refractivity contribution in [1.82, 2.24) is 4.90 Å². The van der Waals surface area contributed by atoms with E-state index in [0.29, 0.717) is 18.3 Å². The van der Waals surface area contributed by atoms with Gasteiger partial charge >= 0.3 is 0 Å². The fourth-order valence-electron chi connectivity index (χ4n) is 3.29. The van der Waals surface area contributed by atoms with Gasteiger partial charge in [0.2, 0.25) is 0 Å². The number of hydrogen-bond donors (Lipinski definition) is 2. The Balaban J connectivity index is 1.93. The van der Waals surface area contributed by atoms with Gasteiger partial charge in [0, 0.05) is 25.1 Å². The lowest BCUT2D eigenvalue weighted by Crippen LogP contribution is -2.51. The number of thioether (sulfide) groups is 1. The molecule has 0 radical (unpaired) electrons. The topological polar surface area (TPSA) is 71.1 Å². The highest BCUT2D eigenvalue weighted by atomic mass is 32.2. The van der Waals surface area contributed by atoms with Crippen LogP contribution in [0.1, 0.15) is 39.0 Å². The summed E-state index contributed by atoms with van der Waals surface area (Å²) in [6.45, 7) is 2.99. The van der Waals surface area contributed by atoms with Crippen molar-refractivity contribution >= 4 is 17.6 Å². The third-order valence-electron chi connectivity index (χ3n) is 4.78. The van der Waals surface area contributed by atoms with Gasteiger partial charge in [-0.3, -0.25) is 0 Å². The van der Waals surface area contributed by atoms with Crippen LogP contribution in [0.4, 0.5) is 0 Å². The molecule has 2 rings (SSSR count). The Hall–Kier alpha value is -0.460. The van der Waals surface area contributed by atoms with Crippen molar-refractivity contribution in [3.05, 3.63) is 0 Å². The summed E-state index contributed by atoms with van der Waals surface area (Å²) in [6, 6.07) is 0.817. The molecule has 6 heteroatoms. The molecule has 2 fully saturated rings. The molecule has 0 amide bonds. The fraction of sp³-hybridized carbons (Fsp3) is 0.929. The lowest BCUT2D eigenvalue weighted by Gasteiger charge is -2.46. The van der Waals surface area contributed by atoms with Crippen LogP contribution < -0.4 is 5.73 Å². The number of amidine groups is 1. The maximum Gasteiger partial charge on any atom is 0.140 e. The molecule has 2 aliphatic heterocycles. The monoisotopic (exact) mass is 301 g/mol. The molecule has 0 aromatic carbocycles. The summed E-state index contributed by atoms with van der Waals surface area (Å²) in [4.78, 5) is 2.38. The van der Waals surface area contributed by atoms with Crippen LogP contribution in [0.25, 0.3) is 0 Å². The van der Waals surface area contributed by atoms with E-state index in [-0.39, 0.29) is 11.6 Å². The molecule has 0 bridgehead atoms. The van der Waals surface area contributed by atoms with Crippen molar-refractivity contribution in [1.29, 1.82) is 0 Å². The standard InChI is InChI=1S/C14H27N3O2S/c1-11(9-13(15)16-18)17(2)12-3-6-19-14(10-12)4-7-20-8-5-14/h11-12,18H,3-10H2,1-2H3,(H2,15,16). The second-order valence-electron chi connectivity index (χ2n) is 6.10. The van der Waals surface area contributed by atoms with Crippen LogP contribution in [0.5, 0.6) is 0 Å². The molecular weight excluding hydrogens is 274 g/mol. The lowest BCUT2D eigenvalue weighted by atomic mass is 9.84. The number of nitrogens with zero attached hydrogens (tertiary/aromatic N) is 2. The zero-order valence-corrected chi connectivity index (χ0v) is 13.4. The van der Waals surface area contributed by atoms with E-state index in [1.807, 2.05) is 11.8 Å². The highest BCUT2D eigenvalue weighted by Gasteiger charge is 2.40. The Bertz CT molecular complexity index is 340. The number of hydrogen-bond acceptors (Lipinski definition) is 5. The van der Waals surface area contributed by atoms with Crippen molar-refractivity contribution in [2.45, 2.75) is 56.7 Å². The minimum absolute atomic E-state index is 0.110. The molecule has 2 atom stereocenters. The van der Waals surface area contributed by atoms with Gasteiger partial charge < -0.3 is 20.6 Å². The van der Waals surface area contributed by atoms with Crippen LogP contribution in [-0.4, -0.2) is 58.8 Å². The van der Waals surface area contributed by atoms with E-state index in [9.17, 15) is 0 Å². The highest BCUT2D eigenvalue weighted by molar-refractivity contribution is 7.99. The van der Waals surface area contributed by atoms with Crippen LogP contribution in [-0.2, 0) is 4.74 Å². The molecule has 5 nitrogen and oxygen atoms in total. The van der Waals surface area contributed by atoms with E-state index in [1.165, 1.54) is 24.3 Å². The van der Waals surface area contributed by atoms with E-state index >= 15 is 0 Å². The van der Waals surface area contributed by atoms with Gasteiger partial charge in [-0.2, -0.15) is 11.8 Å². The summed E-state index contributed by atoms with van der Waals surface area (Å²) in [5, 5.41) is 11.8. The predicted octanol–water partition coefficient (Wildman–Crippen LogP) is 1.89. The Morgan fingerprint density at radius 2 is 2.25 bits per heavy atom. The molecule has 0 aromatic rings. The number of oxime groups is 1. The first kappa shape index (κ1) is 15.9. The summed E-state index contributed by atoms with van der Waals surface area (Å²) >= 11 is 2.04. The second-order valence-corrected chi connectivity index (χ2v) is 7.33. The van der Waals surface area contributed by atoms with Gasteiger partial charge in [0.05, 0.1) is 5.60 Å². The van der Waals surface area contributed by atoms with Crippen molar-refractivity contribution in [2.24, 2.45) is 10.9 Å². The molecule has 116 valence electrons. The molecule has 2 unspecified atom stereocenters. The van der Waals surface area contributed by atoms with Crippen LogP contribution in [0, 0.1) is 0 Å². The molecule has 2 saturated heterocycles. The Labute approximate surface area is 125 Å². The molecule has 0 aliphatic carbocycles. The normalized spacial score (nSPS) is 28.8. The molecule has 0 aromatic heterocycles.